The first-order chi connectivity index (χ1) is 7.58. The van der Waals surface area contributed by atoms with Crippen molar-refractivity contribution < 1.29 is 0 Å². The quantitative estimate of drug-likeness (QED) is 0.694. The highest BCUT2D eigenvalue weighted by Crippen LogP contribution is 2.38. The molecule has 1 N–H and O–H groups in total. The zero-order chi connectivity index (χ0) is 11.6. The largest absolute Gasteiger partial charge is 0.311 e. The molecular weight excluding hydrogens is 194 g/mol. The van der Waals surface area contributed by atoms with E-state index in [2.05, 4.69) is 25.7 Å². The van der Waals surface area contributed by atoms with E-state index in [1.807, 2.05) is 0 Å². The Morgan fingerprint density at radius 1 is 1.12 bits per heavy atom. The van der Waals surface area contributed by atoms with Crippen molar-refractivity contribution in [2.45, 2.75) is 77.3 Å². The molecule has 0 aliphatic heterocycles. The molecule has 2 rings (SSSR count). The molecule has 1 atom stereocenters. The fraction of sp³-hybridized carbons (Fsp3) is 0.867. The lowest BCUT2D eigenvalue weighted by Gasteiger charge is -2.42. The van der Waals surface area contributed by atoms with Crippen LogP contribution in [0.5, 0.6) is 0 Å². The summed E-state index contributed by atoms with van der Waals surface area (Å²) in [6.45, 7) is 8.96. The Labute approximate surface area is 101 Å². The van der Waals surface area contributed by atoms with E-state index >= 15 is 0 Å². The van der Waals surface area contributed by atoms with Crippen LogP contribution in [0.3, 0.4) is 0 Å². The average Bonchev–Trinajstić information content (AvgIpc) is 2.23. The Morgan fingerprint density at radius 2 is 1.81 bits per heavy atom. The molecule has 1 heteroatoms. The number of hydrogen-bond acceptors (Lipinski definition) is 1. The van der Waals surface area contributed by atoms with Crippen molar-refractivity contribution in [3.8, 4) is 0 Å². The lowest BCUT2D eigenvalue weighted by molar-refractivity contribution is 0.173. The third kappa shape index (κ3) is 2.88. The molecule has 0 spiro atoms. The number of rotatable bonds is 2. The SMILES string of the molecule is C=C1CCC(NC2CCCCC2)C(C)(C)C1. The van der Waals surface area contributed by atoms with Gasteiger partial charge in [-0.3, -0.25) is 0 Å². The van der Waals surface area contributed by atoms with Gasteiger partial charge in [0.1, 0.15) is 0 Å². The van der Waals surface area contributed by atoms with Crippen LogP contribution >= 0.6 is 0 Å². The summed E-state index contributed by atoms with van der Waals surface area (Å²) < 4.78 is 0. The van der Waals surface area contributed by atoms with E-state index in [9.17, 15) is 0 Å². The first kappa shape index (κ1) is 12.2. The molecule has 16 heavy (non-hydrogen) atoms. The number of hydrogen-bond donors (Lipinski definition) is 1. The molecule has 2 fully saturated rings. The predicted octanol–water partition coefficient (Wildman–Crippen LogP) is 4.04. The van der Waals surface area contributed by atoms with Crippen molar-refractivity contribution in [1.29, 1.82) is 0 Å². The second-order valence-corrected chi connectivity index (χ2v) is 6.51. The molecule has 2 aliphatic rings. The van der Waals surface area contributed by atoms with Crippen LogP contribution in [0.4, 0.5) is 0 Å². The highest BCUT2D eigenvalue weighted by Gasteiger charge is 2.34. The number of nitrogens with one attached hydrogen (secondary N) is 1. The van der Waals surface area contributed by atoms with Crippen molar-refractivity contribution in [2.75, 3.05) is 0 Å². The first-order valence-corrected chi connectivity index (χ1v) is 7.00. The molecule has 2 aliphatic carbocycles. The monoisotopic (exact) mass is 221 g/mol. The lowest BCUT2D eigenvalue weighted by Crippen LogP contribution is -2.49. The topological polar surface area (TPSA) is 12.0 Å². The van der Waals surface area contributed by atoms with Crippen molar-refractivity contribution in [3.63, 3.8) is 0 Å². The molecule has 92 valence electrons. The molecule has 0 aromatic rings. The Hall–Kier alpha value is -0.300. The van der Waals surface area contributed by atoms with Gasteiger partial charge in [-0.15, -0.1) is 0 Å². The zero-order valence-electron chi connectivity index (χ0n) is 11.0. The van der Waals surface area contributed by atoms with E-state index in [4.69, 9.17) is 0 Å². The number of allylic oxidation sites excluding steroid dienone is 1. The van der Waals surface area contributed by atoms with Crippen LogP contribution in [0.25, 0.3) is 0 Å². The molecule has 2 saturated carbocycles. The summed E-state index contributed by atoms with van der Waals surface area (Å²) in [5.74, 6) is 0. The maximum atomic E-state index is 4.16. The van der Waals surface area contributed by atoms with Gasteiger partial charge in [0, 0.05) is 12.1 Å². The summed E-state index contributed by atoms with van der Waals surface area (Å²) in [6, 6.07) is 1.51. The van der Waals surface area contributed by atoms with Crippen molar-refractivity contribution in [1.82, 2.24) is 5.32 Å². The summed E-state index contributed by atoms with van der Waals surface area (Å²) in [6.07, 6.45) is 10.8. The Bertz CT molecular complexity index is 248. The fourth-order valence-electron chi connectivity index (χ4n) is 3.46. The van der Waals surface area contributed by atoms with Gasteiger partial charge in [0.05, 0.1) is 0 Å². The fourth-order valence-corrected chi connectivity index (χ4v) is 3.46. The van der Waals surface area contributed by atoms with Crippen LogP contribution in [0.15, 0.2) is 12.2 Å². The lowest BCUT2D eigenvalue weighted by atomic mass is 9.71. The zero-order valence-corrected chi connectivity index (χ0v) is 11.0. The highest BCUT2D eigenvalue weighted by molar-refractivity contribution is 5.07. The average molecular weight is 221 g/mol. The van der Waals surface area contributed by atoms with Crippen LogP contribution < -0.4 is 5.32 Å². The first-order valence-electron chi connectivity index (χ1n) is 7.00. The van der Waals surface area contributed by atoms with Gasteiger partial charge in [0.2, 0.25) is 0 Å². The maximum absolute atomic E-state index is 4.16. The Morgan fingerprint density at radius 3 is 2.44 bits per heavy atom. The Balaban J connectivity index is 1.90. The molecular formula is C15H27N. The van der Waals surface area contributed by atoms with Gasteiger partial charge in [-0.05, 0) is 37.5 Å². The van der Waals surface area contributed by atoms with Gasteiger partial charge in [-0.1, -0.05) is 45.3 Å². The highest BCUT2D eigenvalue weighted by atomic mass is 15.0. The molecule has 1 unspecified atom stereocenters. The van der Waals surface area contributed by atoms with Crippen molar-refractivity contribution >= 4 is 0 Å². The van der Waals surface area contributed by atoms with E-state index in [1.54, 1.807) is 0 Å². The van der Waals surface area contributed by atoms with Crippen LogP contribution in [0.2, 0.25) is 0 Å². The summed E-state index contributed by atoms with van der Waals surface area (Å²) in [7, 11) is 0. The predicted molar refractivity (Wildman–Crippen MR) is 70.6 cm³/mol. The third-order valence-electron chi connectivity index (χ3n) is 4.48. The summed E-state index contributed by atoms with van der Waals surface area (Å²) in [4.78, 5) is 0. The molecule has 0 saturated heterocycles. The van der Waals surface area contributed by atoms with Gasteiger partial charge in [0.15, 0.2) is 0 Å². The molecule has 1 nitrogen and oxygen atoms in total. The van der Waals surface area contributed by atoms with Crippen molar-refractivity contribution in [2.24, 2.45) is 5.41 Å². The minimum atomic E-state index is 0.410. The van der Waals surface area contributed by atoms with E-state index in [0.29, 0.717) is 11.5 Å². The Kier molecular flexibility index (Phi) is 3.73. The van der Waals surface area contributed by atoms with E-state index < -0.39 is 0 Å². The molecule has 0 bridgehead atoms. The summed E-state index contributed by atoms with van der Waals surface area (Å²) >= 11 is 0. The molecule has 0 aromatic carbocycles. The molecule has 0 radical (unpaired) electrons. The molecule has 0 heterocycles. The van der Waals surface area contributed by atoms with Crippen LogP contribution in [-0.4, -0.2) is 12.1 Å². The second kappa shape index (κ2) is 4.91. The summed E-state index contributed by atoms with van der Waals surface area (Å²) in [5, 5.41) is 3.93. The van der Waals surface area contributed by atoms with Crippen molar-refractivity contribution in [3.05, 3.63) is 12.2 Å². The van der Waals surface area contributed by atoms with Crippen LogP contribution in [0, 0.1) is 5.41 Å². The van der Waals surface area contributed by atoms with E-state index in [0.717, 1.165) is 6.04 Å². The minimum absolute atomic E-state index is 0.410. The molecule has 0 aromatic heterocycles. The van der Waals surface area contributed by atoms with Gasteiger partial charge < -0.3 is 5.32 Å². The third-order valence-corrected chi connectivity index (χ3v) is 4.48. The maximum Gasteiger partial charge on any atom is 0.0127 e. The van der Waals surface area contributed by atoms with Gasteiger partial charge >= 0.3 is 0 Å². The van der Waals surface area contributed by atoms with Crippen LogP contribution in [-0.2, 0) is 0 Å². The smallest absolute Gasteiger partial charge is 0.0127 e. The standard InChI is InChI=1S/C15H27N/c1-12-9-10-14(15(2,3)11-12)16-13-7-5-4-6-8-13/h13-14,16H,1,4-11H2,2-3H3. The normalized spacial score (nSPS) is 31.6. The summed E-state index contributed by atoms with van der Waals surface area (Å²) in [5.41, 5.74) is 1.86. The second-order valence-electron chi connectivity index (χ2n) is 6.51. The van der Waals surface area contributed by atoms with Gasteiger partial charge in [-0.2, -0.15) is 0 Å². The van der Waals surface area contributed by atoms with Gasteiger partial charge in [-0.25, -0.2) is 0 Å². The van der Waals surface area contributed by atoms with E-state index in [-0.39, 0.29) is 0 Å². The van der Waals surface area contributed by atoms with Crippen LogP contribution in [0.1, 0.15) is 65.2 Å². The minimum Gasteiger partial charge on any atom is -0.311 e. The molecule has 0 amide bonds. The van der Waals surface area contributed by atoms with E-state index in [1.165, 1.54) is 56.9 Å². The van der Waals surface area contributed by atoms with Gasteiger partial charge in [0.25, 0.3) is 0 Å².